The smallest absolute Gasteiger partial charge is 0.0553 e. The fourth-order valence-corrected chi connectivity index (χ4v) is 2.21. The highest BCUT2D eigenvalue weighted by atomic mass is 16.5. The summed E-state index contributed by atoms with van der Waals surface area (Å²) in [5.41, 5.74) is 0.378. The zero-order valence-electron chi connectivity index (χ0n) is 9.01. The summed E-state index contributed by atoms with van der Waals surface area (Å²) < 4.78 is 5.33. The lowest BCUT2D eigenvalue weighted by atomic mass is 9.76. The molecule has 13 heavy (non-hydrogen) atoms. The first-order valence-electron chi connectivity index (χ1n) is 5.49. The summed E-state index contributed by atoms with van der Waals surface area (Å²) in [6, 6.07) is 0. The van der Waals surface area contributed by atoms with Crippen LogP contribution in [0, 0.1) is 5.41 Å². The van der Waals surface area contributed by atoms with E-state index in [2.05, 4.69) is 19.1 Å². The van der Waals surface area contributed by atoms with Crippen molar-refractivity contribution in [2.75, 3.05) is 13.7 Å². The van der Waals surface area contributed by atoms with Crippen molar-refractivity contribution in [3.63, 3.8) is 0 Å². The topological polar surface area (TPSA) is 9.23 Å². The Kier molecular flexibility index (Phi) is 4.51. The zero-order chi connectivity index (χ0) is 9.57. The molecular formula is C12H22O. The Morgan fingerprint density at radius 1 is 1.46 bits per heavy atom. The van der Waals surface area contributed by atoms with Crippen LogP contribution >= 0.6 is 0 Å². The van der Waals surface area contributed by atoms with Crippen LogP contribution in [0.4, 0.5) is 0 Å². The molecule has 0 fully saturated rings. The van der Waals surface area contributed by atoms with E-state index in [1.807, 2.05) is 7.11 Å². The second kappa shape index (κ2) is 5.43. The molecular weight excluding hydrogens is 160 g/mol. The van der Waals surface area contributed by atoms with E-state index in [1.165, 1.54) is 38.5 Å². The van der Waals surface area contributed by atoms with Gasteiger partial charge in [-0.3, -0.25) is 0 Å². The van der Waals surface area contributed by atoms with E-state index in [1.54, 1.807) is 0 Å². The summed E-state index contributed by atoms with van der Waals surface area (Å²) >= 11 is 0. The molecule has 0 bridgehead atoms. The molecule has 0 spiro atoms. The molecule has 1 unspecified atom stereocenters. The van der Waals surface area contributed by atoms with E-state index >= 15 is 0 Å². The van der Waals surface area contributed by atoms with Crippen molar-refractivity contribution in [3.05, 3.63) is 12.2 Å². The summed E-state index contributed by atoms with van der Waals surface area (Å²) in [5.74, 6) is 0. The minimum absolute atomic E-state index is 0.378. The molecule has 1 atom stereocenters. The predicted molar refractivity (Wildman–Crippen MR) is 56.8 cm³/mol. The molecule has 1 heteroatoms. The number of methoxy groups -OCH3 is 1. The van der Waals surface area contributed by atoms with Crippen LogP contribution in [0.15, 0.2) is 12.2 Å². The SMILES string of the molecule is CCCCC1(COC)C=CCCC1. The lowest BCUT2D eigenvalue weighted by molar-refractivity contribution is 0.0926. The molecule has 0 aromatic carbocycles. The van der Waals surface area contributed by atoms with Crippen molar-refractivity contribution < 1.29 is 4.74 Å². The molecule has 0 aromatic heterocycles. The van der Waals surface area contributed by atoms with Gasteiger partial charge in [-0.2, -0.15) is 0 Å². The monoisotopic (exact) mass is 182 g/mol. The Morgan fingerprint density at radius 2 is 2.31 bits per heavy atom. The van der Waals surface area contributed by atoms with Gasteiger partial charge in [-0.05, 0) is 25.7 Å². The van der Waals surface area contributed by atoms with Gasteiger partial charge in [-0.15, -0.1) is 0 Å². The van der Waals surface area contributed by atoms with Crippen molar-refractivity contribution in [3.8, 4) is 0 Å². The van der Waals surface area contributed by atoms with Crippen LogP contribution in [-0.4, -0.2) is 13.7 Å². The third-order valence-corrected chi connectivity index (χ3v) is 2.98. The van der Waals surface area contributed by atoms with E-state index < -0.39 is 0 Å². The summed E-state index contributed by atoms with van der Waals surface area (Å²) in [7, 11) is 1.82. The van der Waals surface area contributed by atoms with Crippen LogP contribution in [-0.2, 0) is 4.74 Å². The molecule has 0 aliphatic heterocycles. The quantitative estimate of drug-likeness (QED) is 0.591. The summed E-state index contributed by atoms with van der Waals surface area (Å²) in [5, 5.41) is 0. The Hall–Kier alpha value is -0.300. The van der Waals surface area contributed by atoms with Crippen LogP contribution in [0.1, 0.15) is 45.4 Å². The average Bonchev–Trinajstić information content (AvgIpc) is 2.17. The zero-order valence-corrected chi connectivity index (χ0v) is 9.01. The van der Waals surface area contributed by atoms with Crippen LogP contribution in [0.2, 0.25) is 0 Å². The first-order valence-corrected chi connectivity index (χ1v) is 5.49. The second-order valence-corrected chi connectivity index (χ2v) is 4.19. The van der Waals surface area contributed by atoms with Gasteiger partial charge in [0.1, 0.15) is 0 Å². The van der Waals surface area contributed by atoms with Crippen molar-refractivity contribution >= 4 is 0 Å². The molecule has 0 N–H and O–H groups in total. The van der Waals surface area contributed by atoms with E-state index in [4.69, 9.17) is 4.74 Å². The lowest BCUT2D eigenvalue weighted by Gasteiger charge is -2.32. The third kappa shape index (κ3) is 3.15. The van der Waals surface area contributed by atoms with Crippen LogP contribution in [0.3, 0.4) is 0 Å². The van der Waals surface area contributed by atoms with Gasteiger partial charge in [-0.1, -0.05) is 31.9 Å². The normalized spacial score (nSPS) is 27.8. The minimum atomic E-state index is 0.378. The molecule has 0 radical (unpaired) electrons. The maximum atomic E-state index is 5.33. The van der Waals surface area contributed by atoms with Gasteiger partial charge in [0.15, 0.2) is 0 Å². The van der Waals surface area contributed by atoms with Crippen molar-refractivity contribution in [2.24, 2.45) is 5.41 Å². The number of hydrogen-bond acceptors (Lipinski definition) is 1. The number of allylic oxidation sites excluding steroid dienone is 1. The Bertz CT molecular complexity index is 163. The van der Waals surface area contributed by atoms with Crippen molar-refractivity contribution in [1.82, 2.24) is 0 Å². The predicted octanol–water partition coefficient (Wildman–Crippen LogP) is 3.55. The number of unbranched alkanes of at least 4 members (excludes halogenated alkanes) is 1. The van der Waals surface area contributed by atoms with E-state index in [9.17, 15) is 0 Å². The van der Waals surface area contributed by atoms with Crippen molar-refractivity contribution in [1.29, 1.82) is 0 Å². The Morgan fingerprint density at radius 3 is 2.85 bits per heavy atom. The molecule has 1 nitrogen and oxygen atoms in total. The molecule has 0 amide bonds. The molecule has 0 heterocycles. The van der Waals surface area contributed by atoms with Gasteiger partial charge in [0, 0.05) is 12.5 Å². The summed E-state index contributed by atoms with van der Waals surface area (Å²) in [6.07, 6.45) is 12.6. The standard InChI is InChI=1S/C12H22O/c1-3-4-8-12(11-13-2)9-6-5-7-10-12/h6,9H,3-5,7-8,10-11H2,1-2H3. The number of ether oxygens (including phenoxy) is 1. The van der Waals surface area contributed by atoms with Crippen LogP contribution in [0.5, 0.6) is 0 Å². The maximum absolute atomic E-state index is 5.33. The average molecular weight is 182 g/mol. The van der Waals surface area contributed by atoms with Crippen LogP contribution < -0.4 is 0 Å². The summed E-state index contributed by atoms with van der Waals surface area (Å²) in [6.45, 7) is 3.16. The van der Waals surface area contributed by atoms with Crippen LogP contribution in [0.25, 0.3) is 0 Å². The molecule has 1 aliphatic carbocycles. The van der Waals surface area contributed by atoms with E-state index in [-0.39, 0.29) is 0 Å². The van der Waals surface area contributed by atoms with Gasteiger partial charge >= 0.3 is 0 Å². The van der Waals surface area contributed by atoms with Gasteiger partial charge in [0.05, 0.1) is 6.61 Å². The fourth-order valence-electron chi connectivity index (χ4n) is 2.21. The van der Waals surface area contributed by atoms with Crippen molar-refractivity contribution in [2.45, 2.75) is 45.4 Å². The third-order valence-electron chi connectivity index (χ3n) is 2.98. The minimum Gasteiger partial charge on any atom is -0.384 e. The fraction of sp³-hybridized carbons (Fsp3) is 0.833. The highest BCUT2D eigenvalue weighted by Gasteiger charge is 2.27. The molecule has 0 saturated carbocycles. The van der Waals surface area contributed by atoms with Gasteiger partial charge < -0.3 is 4.74 Å². The first kappa shape index (κ1) is 10.8. The largest absolute Gasteiger partial charge is 0.384 e. The van der Waals surface area contributed by atoms with E-state index in [0.717, 1.165) is 6.61 Å². The molecule has 0 aromatic rings. The van der Waals surface area contributed by atoms with Gasteiger partial charge in [0.25, 0.3) is 0 Å². The summed E-state index contributed by atoms with van der Waals surface area (Å²) in [4.78, 5) is 0. The lowest BCUT2D eigenvalue weighted by Crippen LogP contribution is -2.25. The van der Waals surface area contributed by atoms with Gasteiger partial charge in [0.2, 0.25) is 0 Å². The molecule has 76 valence electrons. The Balaban J connectivity index is 2.51. The van der Waals surface area contributed by atoms with Gasteiger partial charge in [-0.25, -0.2) is 0 Å². The molecule has 1 aliphatic rings. The highest BCUT2D eigenvalue weighted by molar-refractivity contribution is 5.03. The maximum Gasteiger partial charge on any atom is 0.0553 e. The molecule has 1 rings (SSSR count). The Labute approximate surface area is 82.2 Å². The second-order valence-electron chi connectivity index (χ2n) is 4.19. The molecule has 0 saturated heterocycles. The number of hydrogen-bond donors (Lipinski definition) is 0. The van der Waals surface area contributed by atoms with E-state index in [0.29, 0.717) is 5.41 Å². The highest BCUT2D eigenvalue weighted by Crippen LogP contribution is 2.36. The number of rotatable bonds is 5. The first-order chi connectivity index (χ1) is 6.33.